The highest BCUT2D eigenvalue weighted by Crippen LogP contribution is 2.16. The second-order valence-electron chi connectivity index (χ2n) is 4.12. The highest BCUT2D eigenvalue weighted by Gasteiger charge is 2.18. The zero-order valence-electron chi connectivity index (χ0n) is 9.81. The van der Waals surface area contributed by atoms with Crippen LogP contribution in [0.25, 0.3) is 0 Å². The van der Waals surface area contributed by atoms with Crippen molar-refractivity contribution in [1.29, 1.82) is 0 Å². The molecule has 1 saturated heterocycles. The molecule has 1 aromatic heterocycles. The van der Waals surface area contributed by atoms with Crippen LogP contribution in [0.4, 0.5) is 5.82 Å². The van der Waals surface area contributed by atoms with Crippen molar-refractivity contribution < 1.29 is 0 Å². The van der Waals surface area contributed by atoms with Crippen molar-refractivity contribution in [3.8, 4) is 0 Å². The molecule has 0 saturated carbocycles. The zero-order chi connectivity index (χ0) is 10.7. The van der Waals surface area contributed by atoms with E-state index in [9.17, 15) is 0 Å². The molecule has 0 aromatic carbocycles. The number of hydrogen-bond donors (Lipinski definition) is 1. The van der Waals surface area contributed by atoms with Crippen molar-refractivity contribution >= 4 is 22.8 Å². The fourth-order valence-electron chi connectivity index (χ4n) is 1.96. The maximum atomic E-state index is 4.21. The lowest BCUT2D eigenvalue weighted by molar-refractivity contribution is 0.441. The molecular formula is C11H19BrN4. The van der Waals surface area contributed by atoms with Gasteiger partial charge in [0, 0.05) is 13.1 Å². The first-order valence-electron chi connectivity index (χ1n) is 5.51. The Morgan fingerprint density at radius 3 is 2.50 bits per heavy atom. The van der Waals surface area contributed by atoms with Gasteiger partial charge in [0.15, 0.2) is 5.82 Å². The minimum Gasteiger partial charge on any atom is -0.355 e. The summed E-state index contributed by atoms with van der Waals surface area (Å²) in [6.07, 6.45) is 2.37. The van der Waals surface area contributed by atoms with E-state index in [1.807, 2.05) is 19.1 Å². The summed E-state index contributed by atoms with van der Waals surface area (Å²) in [5.41, 5.74) is 0.970. The summed E-state index contributed by atoms with van der Waals surface area (Å²) < 4.78 is 0. The SMILES string of the molecule is Br.Cc1ccc(N(C)C2CCNCC2)nn1. The van der Waals surface area contributed by atoms with Gasteiger partial charge in [-0.2, -0.15) is 5.10 Å². The van der Waals surface area contributed by atoms with E-state index in [1.165, 1.54) is 12.8 Å². The van der Waals surface area contributed by atoms with Gasteiger partial charge in [0.2, 0.25) is 0 Å². The lowest BCUT2D eigenvalue weighted by Crippen LogP contribution is -2.41. The minimum absolute atomic E-state index is 0. The van der Waals surface area contributed by atoms with Gasteiger partial charge in [0.1, 0.15) is 0 Å². The molecule has 16 heavy (non-hydrogen) atoms. The number of rotatable bonds is 2. The van der Waals surface area contributed by atoms with Crippen molar-refractivity contribution in [3.63, 3.8) is 0 Å². The van der Waals surface area contributed by atoms with E-state index in [4.69, 9.17) is 0 Å². The topological polar surface area (TPSA) is 41.0 Å². The second kappa shape index (κ2) is 6.15. The standard InChI is InChI=1S/C11H18N4.BrH/c1-9-3-4-11(14-13-9)15(2)10-5-7-12-8-6-10;/h3-4,10,12H,5-8H2,1-2H3;1H. The van der Waals surface area contributed by atoms with Crippen LogP contribution < -0.4 is 10.2 Å². The fourth-order valence-corrected chi connectivity index (χ4v) is 1.96. The van der Waals surface area contributed by atoms with Crippen molar-refractivity contribution in [1.82, 2.24) is 15.5 Å². The monoisotopic (exact) mass is 286 g/mol. The fraction of sp³-hybridized carbons (Fsp3) is 0.636. The van der Waals surface area contributed by atoms with Crippen LogP contribution >= 0.6 is 17.0 Å². The summed E-state index contributed by atoms with van der Waals surface area (Å²) in [5.74, 6) is 0.979. The van der Waals surface area contributed by atoms with Crippen LogP contribution in [0, 0.1) is 6.92 Å². The molecule has 0 unspecified atom stereocenters. The molecule has 0 spiro atoms. The van der Waals surface area contributed by atoms with E-state index in [1.54, 1.807) is 0 Å². The lowest BCUT2D eigenvalue weighted by atomic mass is 10.1. The van der Waals surface area contributed by atoms with Gasteiger partial charge in [-0.3, -0.25) is 0 Å². The maximum Gasteiger partial charge on any atom is 0.151 e. The maximum absolute atomic E-state index is 4.21. The molecule has 2 heterocycles. The first-order valence-corrected chi connectivity index (χ1v) is 5.51. The van der Waals surface area contributed by atoms with E-state index in [-0.39, 0.29) is 17.0 Å². The summed E-state index contributed by atoms with van der Waals surface area (Å²) in [4.78, 5) is 2.24. The largest absolute Gasteiger partial charge is 0.355 e. The molecule has 1 aromatic rings. The van der Waals surface area contributed by atoms with Gasteiger partial charge in [-0.1, -0.05) is 0 Å². The number of hydrogen-bond acceptors (Lipinski definition) is 4. The number of nitrogens with one attached hydrogen (secondary N) is 1. The number of piperidine rings is 1. The molecule has 0 bridgehead atoms. The number of aryl methyl sites for hydroxylation is 1. The summed E-state index contributed by atoms with van der Waals surface area (Å²) in [5, 5.41) is 11.7. The van der Waals surface area contributed by atoms with Crippen molar-refractivity contribution in [3.05, 3.63) is 17.8 Å². The summed E-state index contributed by atoms with van der Waals surface area (Å²) in [7, 11) is 2.11. The highest BCUT2D eigenvalue weighted by molar-refractivity contribution is 8.93. The van der Waals surface area contributed by atoms with Crippen LogP contribution in [0.2, 0.25) is 0 Å². The van der Waals surface area contributed by atoms with Crippen LogP contribution in [0.15, 0.2) is 12.1 Å². The van der Waals surface area contributed by atoms with E-state index in [2.05, 4.69) is 27.5 Å². The van der Waals surface area contributed by atoms with Crippen LogP contribution in [-0.4, -0.2) is 36.4 Å². The Balaban J connectivity index is 0.00000128. The first kappa shape index (κ1) is 13.4. The van der Waals surface area contributed by atoms with E-state index in [0.29, 0.717) is 6.04 Å². The van der Waals surface area contributed by atoms with Crippen LogP contribution in [0.3, 0.4) is 0 Å². The average molecular weight is 287 g/mol. The minimum atomic E-state index is 0. The zero-order valence-corrected chi connectivity index (χ0v) is 11.5. The van der Waals surface area contributed by atoms with Gasteiger partial charge in [0.25, 0.3) is 0 Å². The van der Waals surface area contributed by atoms with Gasteiger partial charge >= 0.3 is 0 Å². The molecule has 1 aliphatic heterocycles. The second-order valence-corrected chi connectivity index (χ2v) is 4.12. The third-order valence-electron chi connectivity index (χ3n) is 3.00. The van der Waals surface area contributed by atoms with Crippen LogP contribution in [-0.2, 0) is 0 Å². The Kier molecular flexibility index (Phi) is 5.15. The third kappa shape index (κ3) is 3.15. The van der Waals surface area contributed by atoms with Gasteiger partial charge in [-0.25, -0.2) is 0 Å². The number of anilines is 1. The first-order chi connectivity index (χ1) is 7.27. The van der Waals surface area contributed by atoms with Crippen LogP contribution in [0.1, 0.15) is 18.5 Å². The number of halogens is 1. The predicted molar refractivity (Wildman–Crippen MR) is 71.4 cm³/mol. The van der Waals surface area contributed by atoms with Gasteiger partial charge in [-0.15, -0.1) is 22.1 Å². The molecule has 0 aliphatic carbocycles. The molecule has 4 nitrogen and oxygen atoms in total. The molecule has 90 valence electrons. The van der Waals surface area contributed by atoms with Crippen molar-refractivity contribution in [2.45, 2.75) is 25.8 Å². The van der Waals surface area contributed by atoms with Crippen molar-refractivity contribution in [2.24, 2.45) is 0 Å². The molecule has 0 atom stereocenters. The highest BCUT2D eigenvalue weighted by atomic mass is 79.9. The molecule has 1 fully saturated rings. The lowest BCUT2D eigenvalue weighted by Gasteiger charge is -2.32. The summed E-state index contributed by atoms with van der Waals surface area (Å²) in [6, 6.07) is 4.66. The van der Waals surface area contributed by atoms with Gasteiger partial charge in [0.05, 0.1) is 5.69 Å². The van der Waals surface area contributed by atoms with E-state index < -0.39 is 0 Å². The Labute approximate surface area is 107 Å². The molecule has 1 aliphatic rings. The quantitative estimate of drug-likeness (QED) is 0.896. The number of nitrogens with zero attached hydrogens (tertiary/aromatic N) is 3. The van der Waals surface area contributed by atoms with Gasteiger partial charge in [-0.05, 0) is 45.0 Å². The number of aromatic nitrogens is 2. The van der Waals surface area contributed by atoms with Gasteiger partial charge < -0.3 is 10.2 Å². The Bertz CT molecular complexity index is 308. The predicted octanol–water partition coefficient (Wildman–Crippen LogP) is 1.55. The van der Waals surface area contributed by atoms with E-state index in [0.717, 1.165) is 24.6 Å². The molecule has 0 radical (unpaired) electrons. The molecule has 1 N–H and O–H groups in total. The van der Waals surface area contributed by atoms with E-state index >= 15 is 0 Å². The van der Waals surface area contributed by atoms with Crippen LogP contribution in [0.5, 0.6) is 0 Å². The third-order valence-corrected chi connectivity index (χ3v) is 3.00. The summed E-state index contributed by atoms with van der Waals surface area (Å²) >= 11 is 0. The Morgan fingerprint density at radius 1 is 1.25 bits per heavy atom. The molecular weight excluding hydrogens is 268 g/mol. The average Bonchev–Trinajstić information content (AvgIpc) is 2.30. The molecule has 5 heteroatoms. The molecule has 2 rings (SSSR count). The normalized spacial score (nSPS) is 16.6. The van der Waals surface area contributed by atoms with Crippen molar-refractivity contribution in [2.75, 3.05) is 25.0 Å². The smallest absolute Gasteiger partial charge is 0.151 e. The Hall–Kier alpha value is -0.680. The summed E-state index contributed by atoms with van der Waals surface area (Å²) in [6.45, 7) is 4.17. The Morgan fingerprint density at radius 2 is 1.94 bits per heavy atom. The molecule has 0 amide bonds.